The van der Waals surface area contributed by atoms with Crippen LogP contribution in [0.5, 0.6) is 0 Å². The van der Waals surface area contributed by atoms with Gasteiger partial charge in [0.25, 0.3) is 0 Å². The van der Waals surface area contributed by atoms with Crippen molar-refractivity contribution in [3.63, 3.8) is 0 Å². The van der Waals surface area contributed by atoms with Gasteiger partial charge in [-0.3, -0.25) is 0 Å². The molecule has 0 bridgehead atoms. The lowest BCUT2D eigenvalue weighted by Crippen LogP contribution is -2.28. The Morgan fingerprint density at radius 1 is 1.12 bits per heavy atom. The molecular weight excluding hydrogens is 280 g/mol. The summed E-state index contributed by atoms with van der Waals surface area (Å²) in [5, 5.41) is 1.55. The lowest BCUT2D eigenvalue weighted by Gasteiger charge is -2.29. The lowest BCUT2D eigenvalue weighted by atomic mass is 9.88. The van der Waals surface area contributed by atoms with Crippen LogP contribution in [-0.2, 0) is 4.74 Å². The molecule has 1 atom stereocenters. The molecule has 1 aliphatic rings. The minimum absolute atomic E-state index is 0.183. The Labute approximate surface area is 116 Å². The summed E-state index contributed by atoms with van der Waals surface area (Å²) in [6.07, 6.45) is 1.86. The molecule has 1 aliphatic heterocycles. The Morgan fingerprint density at radius 2 is 1.71 bits per heavy atom. The van der Waals surface area contributed by atoms with Crippen molar-refractivity contribution in [2.75, 3.05) is 13.2 Å². The highest BCUT2D eigenvalue weighted by atomic mass is 35.5. The Bertz CT molecular complexity index is 405. The van der Waals surface area contributed by atoms with Crippen LogP contribution in [0.3, 0.4) is 0 Å². The van der Waals surface area contributed by atoms with Crippen molar-refractivity contribution in [3.05, 3.63) is 32.8 Å². The molecule has 1 aromatic rings. The smallest absolute Gasteiger partial charge is 0.0655 e. The maximum Gasteiger partial charge on any atom is 0.0655 e. The minimum atomic E-state index is -0.183. The van der Waals surface area contributed by atoms with Gasteiger partial charge in [-0.25, -0.2) is 0 Å². The van der Waals surface area contributed by atoms with Crippen molar-refractivity contribution >= 4 is 34.8 Å². The molecule has 0 aromatic heterocycles. The van der Waals surface area contributed by atoms with Gasteiger partial charge in [0.2, 0.25) is 0 Å². The molecular formula is C12H14Cl3NO. The quantitative estimate of drug-likeness (QED) is 0.834. The van der Waals surface area contributed by atoms with Gasteiger partial charge in [-0.1, -0.05) is 34.8 Å². The molecule has 2 rings (SSSR count). The summed E-state index contributed by atoms with van der Waals surface area (Å²) in [5.74, 6) is 0.345. The molecule has 94 valence electrons. The number of benzene rings is 1. The molecule has 0 spiro atoms. The van der Waals surface area contributed by atoms with Crippen LogP contribution in [0.4, 0.5) is 0 Å². The zero-order chi connectivity index (χ0) is 12.4. The van der Waals surface area contributed by atoms with E-state index in [4.69, 9.17) is 45.3 Å². The number of ether oxygens (including phenoxy) is 1. The van der Waals surface area contributed by atoms with Crippen LogP contribution in [0.2, 0.25) is 15.1 Å². The third kappa shape index (κ3) is 2.88. The van der Waals surface area contributed by atoms with E-state index in [2.05, 4.69) is 0 Å². The number of nitrogens with two attached hydrogens (primary N) is 1. The fourth-order valence-corrected chi connectivity index (χ4v) is 2.95. The van der Waals surface area contributed by atoms with Crippen molar-refractivity contribution < 1.29 is 4.74 Å². The lowest BCUT2D eigenvalue weighted by molar-refractivity contribution is 0.0584. The molecule has 0 unspecified atom stereocenters. The summed E-state index contributed by atoms with van der Waals surface area (Å²) in [5.41, 5.74) is 7.01. The maximum atomic E-state index is 6.26. The highest BCUT2D eigenvalue weighted by molar-refractivity contribution is 6.44. The monoisotopic (exact) mass is 293 g/mol. The molecule has 1 aromatic carbocycles. The SMILES string of the molecule is N[C@@H](c1c(Cl)ccc(Cl)c1Cl)C1CCOCC1. The average molecular weight is 295 g/mol. The van der Waals surface area contributed by atoms with Gasteiger partial charge in [-0.05, 0) is 30.9 Å². The third-order valence-corrected chi connectivity index (χ3v) is 4.34. The van der Waals surface area contributed by atoms with Crippen molar-refractivity contribution in [1.29, 1.82) is 0 Å². The summed E-state index contributed by atoms with van der Waals surface area (Å²) < 4.78 is 5.32. The first-order valence-corrected chi connectivity index (χ1v) is 6.71. The summed E-state index contributed by atoms with van der Waals surface area (Å²) in [6, 6.07) is 3.24. The van der Waals surface area contributed by atoms with Crippen LogP contribution in [0.25, 0.3) is 0 Å². The highest BCUT2D eigenvalue weighted by Crippen LogP contribution is 2.39. The molecule has 2 N–H and O–H groups in total. The molecule has 0 aliphatic carbocycles. The minimum Gasteiger partial charge on any atom is -0.381 e. The second kappa shape index (κ2) is 5.77. The second-order valence-electron chi connectivity index (χ2n) is 4.23. The molecule has 0 radical (unpaired) electrons. The number of hydrogen-bond acceptors (Lipinski definition) is 2. The molecule has 2 nitrogen and oxygen atoms in total. The van der Waals surface area contributed by atoms with Crippen LogP contribution in [0, 0.1) is 5.92 Å². The first kappa shape index (κ1) is 13.4. The largest absolute Gasteiger partial charge is 0.381 e. The fourth-order valence-electron chi connectivity index (χ4n) is 2.16. The van der Waals surface area contributed by atoms with E-state index in [0.29, 0.717) is 21.0 Å². The summed E-state index contributed by atoms with van der Waals surface area (Å²) in [7, 11) is 0. The summed E-state index contributed by atoms with van der Waals surface area (Å²) >= 11 is 18.3. The van der Waals surface area contributed by atoms with Gasteiger partial charge in [-0.15, -0.1) is 0 Å². The van der Waals surface area contributed by atoms with Crippen molar-refractivity contribution in [2.45, 2.75) is 18.9 Å². The van der Waals surface area contributed by atoms with Gasteiger partial charge in [-0.2, -0.15) is 0 Å². The van der Waals surface area contributed by atoms with Crippen LogP contribution in [-0.4, -0.2) is 13.2 Å². The molecule has 17 heavy (non-hydrogen) atoms. The molecule has 1 fully saturated rings. The predicted molar refractivity (Wildman–Crippen MR) is 71.9 cm³/mol. The van der Waals surface area contributed by atoms with E-state index in [1.807, 2.05) is 0 Å². The van der Waals surface area contributed by atoms with Gasteiger partial charge in [0.1, 0.15) is 0 Å². The van der Waals surface area contributed by atoms with Crippen LogP contribution < -0.4 is 5.73 Å². The van der Waals surface area contributed by atoms with E-state index in [-0.39, 0.29) is 6.04 Å². The van der Waals surface area contributed by atoms with Crippen LogP contribution >= 0.6 is 34.8 Å². The topological polar surface area (TPSA) is 35.2 Å². The average Bonchev–Trinajstić information content (AvgIpc) is 2.35. The molecule has 1 heterocycles. The number of halogens is 3. The van der Waals surface area contributed by atoms with Gasteiger partial charge in [0, 0.05) is 29.8 Å². The van der Waals surface area contributed by atoms with E-state index in [0.717, 1.165) is 31.6 Å². The zero-order valence-corrected chi connectivity index (χ0v) is 11.5. The molecule has 5 heteroatoms. The standard InChI is InChI=1S/C12H14Cl3NO/c13-8-1-2-9(14)11(15)10(8)12(16)7-3-5-17-6-4-7/h1-2,7,12H,3-6,16H2/t12-/m1/s1. The summed E-state index contributed by atoms with van der Waals surface area (Å²) in [6.45, 7) is 1.49. The first-order chi connectivity index (χ1) is 8.11. The highest BCUT2D eigenvalue weighted by Gasteiger charge is 2.26. The van der Waals surface area contributed by atoms with E-state index in [1.165, 1.54) is 0 Å². The third-order valence-electron chi connectivity index (χ3n) is 3.19. The van der Waals surface area contributed by atoms with E-state index in [9.17, 15) is 0 Å². The second-order valence-corrected chi connectivity index (χ2v) is 5.42. The van der Waals surface area contributed by atoms with Crippen LogP contribution in [0.1, 0.15) is 24.4 Å². The van der Waals surface area contributed by atoms with E-state index in [1.54, 1.807) is 12.1 Å². The summed E-state index contributed by atoms with van der Waals surface area (Å²) in [4.78, 5) is 0. The van der Waals surface area contributed by atoms with Gasteiger partial charge >= 0.3 is 0 Å². The Morgan fingerprint density at radius 3 is 2.35 bits per heavy atom. The molecule has 0 amide bonds. The first-order valence-electron chi connectivity index (χ1n) is 5.58. The van der Waals surface area contributed by atoms with Gasteiger partial charge < -0.3 is 10.5 Å². The fraction of sp³-hybridized carbons (Fsp3) is 0.500. The van der Waals surface area contributed by atoms with Crippen molar-refractivity contribution in [3.8, 4) is 0 Å². The normalized spacial score (nSPS) is 19.3. The molecule has 0 saturated carbocycles. The number of rotatable bonds is 2. The van der Waals surface area contributed by atoms with Gasteiger partial charge in [0.15, 0.2) is 0 Å². The Balaban J connectivity index is 2.29. The van der Waals surface area contributed by atoms with Crippen molar-refractivity contribution in [1.82, 2.24) is 0 Å². The van der Waals surface area contributed by atoms with Crippen molar-refractivity contribution in [2.24, 2.45) is 11.7 Å². The molecule has 1 saturated heterocycles. The Hall–Kier alpha value is 0.01000. The van der Waals surface area contributed by atoms with Gasteiger partial charge in [0.05, 0.1) is 10.0 Å². The Kier molecular flexibility index (Phi) is 4.56. The van der Waals surface area contributed by atoms with Crippen LogP contribution in [0.15, 0.2) is 12.1 Å². The maximum absolute atomic E-state index is 6.26. The number of hydrogen-bond donors (Lipinski definition) is 1. The zero-order valence-electron chi connectivity index (χ0n) is 9.26. The van der Waals surface area contributed by atoms with E-state index >= 15 is 0 Å². The predicted octanol–water partition coefficient (Wildman–Crippen LogP) is 4.07. The van der Waals surface area contributed by atoms with E-state index < -0.39 is 0 Å².